The van der Waals surface area contributed by atoms with Gasteiger partial charge in [-0.15, -0.1) is 0 Å². The number of rotatable bonds is 7. The van der Waals surface area contributed by atoms with E-state index in [0.29, 0.717) is 6.54 Å². The number of thiocarbonyl (C=S) groups is 1. The Morgan fingerprint density at radius 1 is 1.03 bits per heavy atom. The van der Waals surface area contributed by atoms with Gasteiger partial charge in [0.15, 0.2) is 5.11 Å². The highest BCUT2D eigenvalue weighted by molar-refractivity contribution is 7.92. The van der Waals surface area contributed by atoms with Crippen molar-refractivity contribution < 1.29 is 26.4 Å². The number of benzene rings is 2. The van der Waals surface area contributed by atoms with Gasteiger partial charge >= 0.3 is 5.51 Å². The number of hydrogen-bond acceptors (Lipinski definition) is 5. The van der Waals surface area contributed by atoms with E-state index in [1.807, 2.05) is 0 Å². The van der Waals surface area contributed by atoms with E-state index in [0.717, 1.165) is 18.2 Å². The third-order valence-corrected chi connectivity index (χ3v) is 6.49. The first-order valence-corrected chi connectivity index (χ1v) is 12.4. The molecule has 0 aliphatic heterocycles. The fourth-order valence-corrected chi connectivity index (χ4v) is 3.91. The van der Waals surface area contributed by atoms with Gasteiger partial charge in [0, 0.05) is 12.1 Å². The molecule has 4 N–H and O–H groups in total. The largest absolute Gasteiger partial charge is 0.501 e. The zero-order valence-electron chi connectivity index (χ0n) is 17.2. The molecule has 1 amide bonds. The van der Waals surface area contributed by atoms with Crippen molar-refractivity contribution in [3.8, 4) is 0 Å². The lowest BCUT2D eigenvalue weighted by molar-refractivity contribution is -0.0436. The molecule has 0 bridgehead atoms. The third-order valence-electron chi connectivity index (χ3n) is 4.14. The Hall–Kier alpha value is -1.99. The lowest BCUT2D eigenvalue weighted by Crippen LogP contribution is -2.56. The van der Waals surface area contributed by atoms with Crippen LogP contribution >= 0.6 is 47.0 Å². The second-order valence-electron chi connectivity index (χ2n) is 6.60. The van der Waals surface area contributed by atoms with Crippen LogP contribution in [0.4, 0.5) is 24.5 Å². The highest BCUT2D eigenvalue weighted by atomic mass is 35.6. The summed E-state index contributed by atoms with van der Waals surface area (Å²) in [6.45, 7) is 2.09. The van der Waals surface area contributed by atoms with Gasteiger partial charge in [-0.05, 0) is 49.5 Å². The molecule has 1 unspecified atom stereocenters. The number of carbonyl (C=O) groups is 1. The molecular weight excluding hydrogens is 560 g/mol. The van der Waals surface area contributed by atoms with Crippen molar-refractivity contribution in [2.24, 2.45) is 0 Å². The number of amides is 1. The Bertz CT molecular complexity index is 1140. The van der Waals surface area contributed by atoms with Crippen LogP contribution in [0.25, 0.3) is 0 Å². The van der Waals surface area contributed by atoms with E-state index >= 15 is 0 Å². The summed E-state index contributed by atoms with van der Waals surface area (Å²) in [6, 6.07) is 10.7. The fraction of sp³-hybridized carbons (Fsp3) is 0.263. The minimum Gasteiger partial charge on any atom is -0.384 e. The van der Waals surface area contributed by atoms with Gasteiger partial charge in [-0.25, -0.2) is 8.42 Å². The summed E-state index contributed by atoms with van der Waals surface area (Å²) < 4.78 is 60.5. The Labute approximate surface area is 214 Å². The molecule has 0 aromatic heterocycles. The quantitative estimate of drug-likeness (QED) is 0.213. The zero-order chi connectivity index (χ0) is 25.7. The molecule has 0 saturated heterocycles. The summed E-state index contributed by atoms with van der Waals surface area (Å²) in [6.07, 6.45) is -1.37. The average molecular weight is 578 g/mol. The number of hydrogen-bond donors (Lipinski definition) is 4. The summed E-state index contributed by atoms with van der Waals surface area (Å²) in [5.41, 5.74) is -5.07. The summed E-state index contributed by atoms with van der Waals surface area (Å²) in [5.74, 6) is -0.598. The fourth-order valence-electron chi connectivity index (χ4n) is 2.57. The van der Waals surface area contributed by atoms with E-state index in [4.69, 9.17) is 47.0 Å². The zero-order valence-corrected chi connectivity index (χ0v) is 21.1. The van der Waals surface area contributed by atoms with Crippen molar-refractivity contribution in [3.05, 3.63) is 54.1 Å². The summed E-state index contributed by atoms with van der Waals surface area (Å²) in [7, 11) is -5.61. The maximum atomic E-state index is 13.0. The van der Waals surface area contributed by atoms with Gasteiger partial charge < -0.3 is 21.3 Å². The Morgan fingerprint density at radius 3 is 2.18 bits per heavy atom. The standard InChI is InChI=1S/C19H18Cl3F3N4O3S2/c1-2-26-13-9-8-12(34(31,32)19(23,24)25)10-14(13)27-17(33)29-16(18(20,21)22)28-15(30)11-6-4-3-5-7-11/h3-10,16,26H,2H2,1H3,(H,28,30)(H2,27,29,33). The van der Waals surface area contributed by atoms with Gasteiger partial charge in [0.25, 0.3) is 15.7 Å². The lowest BCUT2D eigenvalue weighted by Gasteiger charge is -2.28. The number of anilines is 2. The van der Waals surface area contributed by atoms with E-state index in [9.17, 15) is 26.4 Å². The molecule has 0 spiro atoms. The molecule has 2 aromatic carbocycles. The van der Waals surface area contributed by atoms with Crippen LogP contribution in [0.3, 0.4) is 0 Å². The van der Waals surface area contributed by atoms with E-state index in [-0.39, 0.29) is 22.1 Å². The molecule has 0 aliphatic rings. The first-order valence-electron chi connectivity index (χ1n) is 9.36. The maximum Gasteiger partial charge on any atom is 0.501 e. The van der Waals surface area contributed by atoms with Crippen LogP contribution in [-0.4, -0.2) is 41.4 Å². The predicted molar refractivity (Wildman–Crippen MR) is 131 cm³/mol. The Balaban J connectivity index is 2.29. The Kier molecular flexibility index (Phi) is 9.28. The molecule has 0 radical (unpaired) electrons. The average Bonchev–Trinajstić information content (AvgIpc) is 2.73. The van der Waals surface area contributed by atoms with Gasteiger partial charge in [0.05, 0.1) is 16.3 Å². The van der Waals surface area contributed by atoms with E-state index in [1.54, 1.807) is 25.1 Å². The molecule has 2 aromatic rings. The molecule has 0 aliphatic carbocycles. The summed E-state index contributed by atoms with van der Waals surface area (Å²) in [5, 5.41) is 10.2. The minimum atomic E-state index is -5.61. The first-order chi connectivity index (χ1) is 15.7. The van der Waals surface area contributed by atoms with Crippen LogP contribution in [0.15, 0.2) is 53.4 Å². The number of alkyl halides is 6. The number of sulfone groups is 1. The van der Waals surface area contributed by atoms with Crippen LogP contribution in [0.5, 0.6) is 0 Å². The molecule has 0 heterocycles. The van der Waals surface area contributed by atoms with E-state index in [2.05, 4.69) is 21.3 Å². The molecule has 1 atom stereocenters. The van der Waals surface area contributed by atoms with Crippen molar-refractivity contribution in [2.45, 2.75) is 27.3 Å². The molecule has 34 heavy (non-hydrogen) atoms. The summed E-state index contributed by atoms with van der Waals surface area (Å²) in [4.78, 5) is 11.5. The number of nitrogens with one attached hydrogen (secondary N) is 4. The van der Waals surface area contributed by atoms with Crippen molar-refractivity contribution in [1.29, 1.82) is 0 Å². The van der Waals surface area contributed by atoms with Gasteiger partial charge in [0.2, 0.25) is 3.79 Å². The molecule has 15 heteroatoms. The van der Waals surface area contributed by atoms with Crippen LogP contribution in [0, 0.1) is 0 Å². The van der Waals surface area contributed by atoms with E-state index in [1.165, 1.54) is 12.1 Å². The second kappa shape index (κ2) is 11.2. The monoisotopic (exact) mass is 576 g/mol. The molecule has 2 rings (SSSR count). The van der Waals surface area contributed by atoms with Crippen molar-refractivity contribution >= 4 is 79.3 Å². The predicted octanol–water partition coefficient (Wildman–Crippen LogP) is 4.82. The lowest BCUT2D eigenvalue weighted by atomic mass is 10.2. The molecule has 0 fully saturated rings. The smallest absolute Gasteiger partial charge is 0.384 e. The van der Waals surface area contributed by atoms with Crippen LogP contribution in [0.2, 0.25) is 0 Å². The highest BCUT2D eigenvalue weighted by Crippen LogP contribution is 2.34. The van der Waals surface area contributed by atoms with E-state index < -0.39 is 36.1 Å². The first kappa shape index (κ1) is 28.2. The topological polar surface area (TPSA) is 99.3 Å². The van der Waals surface area contributed by atoms with Gasteiger partial charge in [-0.1, -0.05) is 53.0 Å². The van der Waals surface area contributed by atoms with Gasteiger partial charge in [0.1, 0.15) is 6.17 Å². The maximum absolute atomic E-state index is 13.0. The molecule has 7 nitrogen and oxygen atoms in total. The Morgan fingerprint density at radius 2 is 1.65 bits per heavy atom. The van der Waals surface area contributed by atoms with Crippen molar-refractivity contribution in [3.63, 3.8) is 0 Å². The van der Waals surface area contributed by atoms with Crippen LogP contribution < -0.4 is 21.3 Å². The number of carbonyl (C=O) groups excluding carboxylic acids is 1. The van der Waals surface area contributed by atoms with Crippen molar-refractivity contribution in [1.82, 2.24) is 10.6 Å². The summed E-state index contributed by atoms with van der Waals surface area (Å²) >= 11 is 23.0. The normalized spacial score (nSPS) is 13.0. The highest BCUT2D eigenvalue weighted by Gasteiger charge is 2.47. The minimum absolute atomic E-state index is 0.0953. The SMILES string of the molecule is CCNc1ccc(S(=O)(=O)C(F)(F)F)cc1NC(=S)NC(NC(=O)c1ccccc1)C(Cl)(Cl)Cl. The number of halogens is 6. The van der Waals surface area contributed by atoms with Crippen LogP contribution in [0.1, 0.15) is 17.3 Å². The second-order valence-corrected chi connectivity index (χ2v) is 11.3. The molecular formula is C19H18Cl3F3N4O3S2. The molecule has 186 valence electrons. The van der Waals surface area contributed by atoms with Crippen LogP contribution in [-0.2, 0) is 9.84 Å². The van der Waals surface area contributed by atoms with Gasteiger partial charge in [-0.2, -0.15) is 13.2 Å². The molecule has 0 saturated carbocycles. The van der Waals surface area contributed by atoms with Crippen molar-refractivity contribution in [2.75, 3.05) is 17.2 Å². The van der Waals surface area contributed by atoms with Gasteiger partial charge in [-0.3, -0.25) is 4.79 Å². The third kappa shape index (κ3) is 7.25.